The summed E-state index contributed by atoms with van der Waals surface area (Å²) in [5.74, 6) is 0.0280. The van der Waals surface area contributed by atoms with Crippen LogP contribution in [0.2, 0.25) is 0 Å². The Morgan fingerprint density at radius 1 is 1.42 bits per heavy atom. The summed E-state index contributed by atoms with van der Waals surface area (Å²) < 4.78 is 8.01. The van der Waals surface area contributed by atoms with Gasteiger partial charge in [-0.3, -0.25) is 9.20 Å². The number of imidazole rings is 1. The molecule has 2 aliphatic rings. The summed E-state index contributed by atoms with van der Waals surface area (Å²) in [5.41, 5.74) is 1.60. The molecule has 6 heteroatoms. The molecule has 0 aromatic carbocycles. The molecule has 2 fully saturated rings. The fourth-order valence-corrected chi connectivity index (χ4v) is 5.55. The SMILES string of the molecule is CCO[C@H]1C[C@@H](N(C)C(=O)c2nc(SC)n3ccccc23)C12CCCC2. The van der Waals surface area contributed by atoms with Crippen molar-refractivity contribution in [1.29, 1.82) is 0 Å². The largest absolute Gasteiger partial charge is 0.378 e. The van der Waals surface area contributed by atoms with E-state index >= 15 is 0 Å². The average Bonchev–Trinajstić information content (AvgIpc) is 3.30. The third kappa shape index (κ3) is 2.57. The lowest BCUT2D eigenvalue weighted by Crippen LogP contribution is -2.64. The van der Waals surface area contributed by atoms with Gasteiger partial charge in [0.15, 0.2) is 10.9 Å². The number of nitrogens with zero attached hydrogens (tertiary/aromatic N) is 3. The zero-order valence-electron chi connectivity index (χ0n) is 15.8. The molecule has 2 aliphatic carbocycles. The van der Waals surface area contributed by atoms with Gasteiger partial charge in [-0.25, -0.2) is 4.98 Å². The van der Waals surface area contributed by atoms with Crippen LogP contribution in [0.3, 0.4) is 0 Å². The van der Waals surface area contributed by atoms with Gasteiger partial charge in [0.1, 0.15) is 0 Å². The topological polar surface area (TPSA) is 46.8 Å². The van der Waals surface area contributed by atoms with E-state index in [4.69, 9.17) is 4.74 Å². The summed E-state index contributed by atoms with van der Waals surface area (Å²) in [5, 5.41) is 0.855. The first kappa shape index (κ1) is 17.9. The standard InChI is InChI=1S/C20H27N3O2S/c1-4-25-16-13-15(20(16)10-6-7-11-20)22(2)18(24)17-14-9-5-8-12-23(14)19(21-17)26-3/h5,8-9,12,15-16H,4,6-7,10-11,13H2,1-3H3/t15-,16+/m1/s1. The van der Waals surface area contributed by atoms with Gasteiger partial charge in [-0.15, -0.1) is 0 Å². The zero-order chi connectivity index (χ0) is 18.3. The highest BCUT2D eigenvalue weighted by atomic mass is 32.2. The Morgan fingerprint density at radius 2 is 2.19 bits per heavy atom. The van der Waals surface area contributed by atoms with Crippen LogP contribution in [0.5, 0.6) is 0 Å². The molecule has 0 N–H and O–H groups in total. The number of aromatic nitrogens is 2. The minimum atomic E-state index is 0.0280. The third-order valence-corrected chi connectivity index (χ3v) is 6.99. The first-order valence-corrected chi connectivity index (χ1v) is 10.7. The number of carbonyl (C=O) groups is 1. The van der Waals surface area contributed by atoms with Crippen LogP contribution in [0.15, 0.2) is 29.6 Å². The summed E-state index contributed by atoms with van der Waals surface area (Å²) >= 11 is 1.56. The quantitative estimate of drug-likeness (QED) is 0.747. The number of pyridine rings is 1. The van der Waals surface area contributed by atoms with E-state index in [9.17, 15) is 4.79 Å². The van der Waals surface area contributed by atoms with Gasteiger partial charge in [-0.05, 0) is 44.6 Å². The van der Waals surface area contributed by atoms with Crippen molar-refractivity contribution in [2.45, 2.75) is 56.3 Å². The number of carbonyl (C=O) groups excluding carboxylic acids is 1. The molecule has 1 amide bonds. The highest BCUT2D eigenvalue weighted by Gasteiger charge is 2.59. The van der Waals surface area contributed by atoms with Crippen molar-refractivity contribution >= 4 is 23.2 Å². The molecule has 4 rings (SSSR count). The maximum Gasteiger partial charge on any atom is 0.274 e. The fourth-order valence-electron chi connectivity index (χ4n) is 5.01. The number of rotatable bonds is 5. The number of amides is 1. The molecule has 1 spiro atoms. The van der Waals surface area contributed by atoms with Crippen LogP contribution < -0.4 is 0 Å². The molecule has 2 atom stereocenters. The second-order valence-corrected chi connectivity index (χ2v) is 8.23. The van der Waals surface area contributed by atoms with Crippen molar-refractivity contribution in [3.63, 3.8) is 0 Å². The smallest absolute Gasteiger partial charge is 0.274 e. The summed E-state index contributed by atoms with van der Waals surface area (Å²) in [6, 6.07) is 6.17. The molecule has 2 saturated carbocycles. The lowest BCUT2D eigenvalue weighted by atomic mass is 9.60. The van der Waals surface area contributed by atoms with Crippen LogP contribution in [0.4, 0.5) is 0 Å². The van der Waals surface area contributed by atoms with E-state index in [-0.39, 0.29) is 17.4 Å². The first-order chi connectivity index (χ1) is 12.6. The Bertz CT molecular complexity index is 812. The Balaban J connectivity index is 1.63. The van der Waals surface area contributed by atoms with E-state index in [0.29, 0.717) is 11.8 Å². The predicted molar refractivity (Wildman–Crippen MR) is 104 cm³/mol. The fraction of sp³-hybridized carbons (Fsp3) is 0.600. The second kappa shape index (κ2) is 6.89. The van der Waals surface area contributed by atoms with Crippen LogP contribution in [-0.2, 0) is 4.74 Å². The van der Waals surface area contributed by atoms with Gasteiger partial charge in [0, 0.05) is 31.3 Å². The van der Waals surface area contributed by atoms with Crippen LogP contribution in [0.1, 0.15) is 49.5 Å². The second-order valence-electron chi connectivity index (χ2n) is 7.45. The molecule has 0 saturated heterocycles. The van der Waals surface area contributed by atoms with Crippen LogP contribution in [0, 0.1) is 5.41 Å². The van der Waals surface area contributed by atoms with Crippen molar-refractivity contribution in [3.05, 3.63) is 30.1 Å². The Morgan fingerprint density at radius 3 is 2.88 bits per heavy atom. The minimum absolute atomic E-state index is 0.0280. The van der Waals surface area contributed by atoms with E-state index in [1.54, 1.807) is 11.8 Å². The van der Waals surface area contributed by atoms with E-state index in [1.165, 1.54) is 25.7 Å². The van der Waals surface area contributed by atoms with Crippen molar-refractivity contribution in [3.8, 4) is 0 Å². The first-order valence-electron chi connectivity index (χ1n) is 9.52. The molecule has 2 heterocycles. The number of hydrogen-bond donors (Lipinski definition) is 0. The van der Waals surface area contributed by atoms with Gasteiger partial charge in [-0.2, -0.15) is 0 Å². The predicted octanol–water partition coefficient (Wildman–Crippen LogP) is 3.87. The molecule has 0 radical (unpaired) electrons. The molecule has 0 bridgehead atoms. The number of hydrogen-bond acceptors (Lipinski definition) is 4. The third-order valence-electron chi connectivity index (χ3n) is 6.33. The number of thioether (sulfide) groups is 1. The summed E-state index contributed by atoms with van der Waals surface area (Å²) in [6.07, 6.45) is 10.0. The van der Waals surface area contributed by atoms with Gasteiger partial charge in [0.2, 0.25) is 0 Å². The molecule has 0 aliphatic heterocycles. The van der Waals surface area contributed by atoms with E-state index < -0.39 is 0 Å². The lowest BCUT2D eigenvalue weighted by molar-refractivity contribution is -0.152. The highest BCUT2D eigenvalue weighted by molar-refractivity contribution is 7.98. The lowest BCUT2D eigenvalue weighted by Gasteiger charge is -2.56. The zero-order valence-corrected chi connectivity index (χ0v) is 16.6. The van der Waals surface area contributed by atoms with E-state index in [0.717, 1.165) is 23.7 Å². The van der Waals surface area contributed by atoms with Crippen LogP contribution in [-0.4, -0.2) is 52.2 Å². The van der Waals surface area contributed by atoms with Crippen LogP contribution in [0.25, 0.3) is 5.52 Å². The van der Waals surface area contributed by atoms with Gasteiger partial charge >= 0.3 is 0 Å². The van der Waals surface area contributed by atoms with Crippen molar-refractivity contribution in [2.75, 3.05) is 19.9 Å². The van der Waals surface area contributed by atoms with Gasteiger partial charge < -0.3 is 9.64 Å². The molecular formula is C20H27N3O2S. The molecular weight excluding hydrogens is 346 g/mol. The molecule has 0 unspecified atom stereocenters. The van der Waals surface area contributed by atoms with E-state index in [2.05, 4.69) is 11.9 Å². The van der Waals surface area contributed by atoms with Crippen LogP contribution >= 0.6 is 11.8 Å². The maximum absolute atomic E-state index is 13.3. The van der Waals surface area contributed by atoms with Crippen molar-refractivity contribution in [2.24, 2.45) is 5.41 Å². The van der Waals surface area contributed by atoms with E-state index in [1.807, 2.05) is 47.0 Å². The Labute approximate surface area is 159 Å². The van der Waals surface area contributed by atoms with Crippen molar-refractivity contribution < 1.29 is 9.53 Å². The number of ether oxygens (including phenoxy) is 1. The molecule has 2 aromatic heterocycles. The van der Waals surface area contributed by atoms with Gasteiger partial charge in [-0.1, -0.05) is 30.7 Å². The molecule has 2 aromatic rings. The maximum atomic E-state index is 13.3. The van der Waals surface area contributed by atoms with Gasteiger partial charge in [0.05, 0.1) is 11.6 Å². The normalized spacial score (nSPS) is 24.1. The molecule has 140 valence electrons. The molecule has 5 nitrogen and oxygen atoms in total. The Kier molecular flexibility index (Phi) is 4.73. The van der Waals surface area contributed by atoms with Gasteiger partial charge in [0.25, 0.3) is 5.91 Å². The Hall–Kier alpha value is -1.53. The number of fused-ring (bicyclic) bond motifs is 1. The summed E-state index contributed by atoms with van der Waals surface area (Å²) in [6.45, 7) is 2.81. The minimum Gasteiger partial charge on any atom is -0.378 e. The summed E-state index contributed by atoms with van der Waals surface area (Å²) in [7, 11) is 1.95. The highest BCUT2D eigenvalue weighted by Crippen LogP contribution is 2.56. The average molecular weight is 374 g/mol. The monoisotopic (exact) mass is 373 g/mol. The molecule has 26 heavy (non-hydrogen) atoms. The van der Waals surface area contributed by atoms with Crippen molar-refractivity contribution in [1.82, 2.24) is 14.3 Å². The summed E-state index contributed by atoms with van der Waals surface area (Å²) in [4.78, 5) is 19.9.